The largest absolute Gasteiger partial charge is 0.391 e. The van der Waals surface area contributed by atoms with E-state index >= 15 is 0 Å². The maximum absolute atomic E-state index is 12.0. The molecule has 0 bridgehead atoms. The fraction of sp³-hybridized carbons (Fsp3) is 0.462. The van der Waals surface area contributed by atoms with Crippen LogP contribution in [-0.2, 0) is 0 Å². The van der Waals surface area contributed by atoms with Crippen molar-refractivity contribution < 1.29 is 9.90 Å². The number of nitrogens with one attached hydrogen (secondary N) is 1. The van der Waals surface area contributed by atoms with E-state index in [1.807, 2.05) is 6.92 Å². The van der Waals surface area contributed by atoms with Gasteiger partial charge < -0.3 is 15.3 Å². The zero-order chi connectivity index (χ0) is 13.1. The number of β-amino-alcohol motifs (C(OH)–C–C–N with tert-alkyl or cyclic N) is 1. The van der Waals surface area contributed by atoms with Crippen LogP contribution in [-0.4, -0.2) is 35.2 Å². The van der Waals surface area contributed by atoms with Gasteiger partial charge in [-0.2, -0.15) is 0 Å². The molecular weight excluding hydrogens is 252 g/mol. The second kappa shape index (κ2) is 5.59. The van der Waals surface area contributed by atoms with E-state index in [1.165, 1.54) is 0 Å². The molecule has 2 unspecified atom stereocenters. The van der Waals surface area contributed by atoms with Gasteiger partial charge in [-0.05, 0) is 30.5 Å². The number of carbonyl (C=O) groups excluding carboxylic acids is 1. The average Bonchev–Trinajstić information content (AvgIpc) is 2.32. The third-order valence-corrected chi connectivity index (χ3v) is 3.52. The molecule has 2 rings (SSSR count). The molecule has 0 radical (unpaired) electrons. The van der Waals surface area contributed by atoms with Crippen LogP contribution >= 0.6 is 11.6 Å². The molecule has 2 amide bonds. The van der Waals surface area contributed by atoms with Crippen LogP contribution in [0.3, 0.4) is 0 Å². The molecule has 0 saturated carbocycles. The lowest BCUT2D eigenvalue weighted by Crippen LogP contribution is -2.47. The Hall–Kier alpha value is -1.26. The second-order valence-electron chi connectivity index (χ2n) is 4.72. The van der Waals surface area contributed by atoms with Crippen molar-refractivity contribution in [2.75, 3.05) is 18.4 Å². The van der Waals surface area contributed by atoms with Crippen LogP contribution in [0.1, 0.15) is 13.3 Å². The fourth-order valence-electron chi connectivity index (χ4n) is 2.00. The Morgan fingerprint density at radius 1 is 1.56 bits per heavy atom. The van der Waals surface area contributed by atoms with Gasteiger partial charge in [0.1, 0.15) is 0 Å². The van der Waals surface area contributed by atoms with Crippen LogP contribution in [0.5, 0.6) is 0 Å². The number of benzene rings is 1. The Morgan fingerprint density at radius 3 is 3.00 bits per heavy atom. The zero-order valence-electron chi connectivity index (χ0n) is 10.3. The number of carbonyl (C=O) groups is 1. The number of hydrogen-bond donors (Lipinski definition) is 2. The van der Waals surface area contributed by atoms with Gasteiger partial charge in [-0.3, -0.25) is 0 Å². The predicted octanol–water partition coefficient (Wildman–Crippen LogP) is 2.57. The molecule has 1 aliphatic rings. The van der Waals surface area contributed by atoms with Gasteiger partial charge in [-0.1, -0.05) is 24.6 Å². The fourth-order valence-corrected chi connectivity index (χ4v) is 2.19. The first kappa shape index (κ1) is 13.2. The highest BCUT2D eigenvalue weighted by Crippen LogP contribution is 2.19. The maximum atomic E-state index is 12.0. The van der Waals surface area contributed by atoms with Crippen molar-refractivity contribution in [2.24, 2.45) is 5.92 Å². The minimum atomic E-state index is -0.441. The van der Waals surface area contributed by atoms with Gasteiger partial charge in [0.15, 0.2) is 0 Å². The lowest BCUT2D eigenvalue weighted by molar-refractivity contribution is 0.0464. The summed E-state index contributed by atoms with van der Waals surface area (Å²) in [6.45, 7) is 3.05. The highest BCUT2D eigenvalue weighted by molar-refractivity contribution is 6.30. The number of anilines is 1. The first-order valence-corrected chi connectivity index (χ1v) is 6.43. The Kier molecular flexibility index (Phi) is 4.09. The predicted molar refractivity (Wildman–Crippen MR) is 71.8 cm³/mol. The maximum Gasteiger partial charge on any atom is 0.321 e. The number of aliphatic hydroxyl groups is 1. The standard InChI is InChI=1S/C13H17ClN2O2/c1-9-5-6-16(8-12(9)17)13(18)15-11-4-2-3-10(14)7-11/h2-4,7,9,12,17H,5-6,8H2,1H3,(H,15,18). The first-order chi connectivity index (χ1) is 8.56. The SMILES string of the molecule is CC1CCN(C(=O)Nc2cccc(Cl)c2)CC1O. The summed E-state index contributed by atoms with van der Waals surface area (Å²) >= 11 is 5.85. The second-order valence-corrected chi connectivity index (χ2v) is 5.16. The lowest BCUT2D eigenvalue weighted by Gasteiger charge is -2.34. The van der Waals surface area contributed by atoms with Crippen LogP contribution in [0.15, 0.2) is 24.3 Å². The monoisotopic (exact) mass is 268 g/mol. The summed E-state index contributed by atoms with van der Waals surface area (Å²) in [5.74, 6) is 0.250. The van der Waals surface area contributed by atoms with Gasteiger partial charge in [0, 0.05) is 23.8 Å². The number of urea groups is 1. The molecule has 2 N–H and O–H groups in total. The quantitative estimate of drug-likeness (QED) is 0.823. The molecule has 1 aromatic carbocycles. The number of aliphatic hydroxyl groups excluding tert-OH is 1. The van der Waals surface area contributed by atoms with Crippen LogP contribution < -0.4 is 5.32 Å². The van der Waals surface area contributed by atoms with Gasteiger partial charge in [0.2, 0.25) is 0 Å². The zero-order valence-corrected chi connectivity index (χ0v) is 11.0. The Labute approximate surface area is 112 Å². The molecule has 1 aromatic rings. The molecule has 1 heterocycles. The smallest absolute Gasteiger partial charge is 0.321 e. The highest BCUT2D eigenvalue weighted by Gasteiger charge is 2.27. The summed E-state index contributed by atoms with van der Waals surface area (Å²) < 4.78 is 0. The van der Waals surface area contributed by atoms with Crippen LogP contribution in [0.2, 0.25) is 5.02 Å². The van der Waals surface area contributed by atoms with E-state index in [4.69, 9.17) is 11.6 Å². The van der Waals surface area contributed by atoms with E-state index in [2.05, 4.69) is 5.32 Å². The number of halogens is 1. The molecule has 1 fully saturated rings. The van der Waals surface area contributed by atoms with Gasteiger partial charge in [-0.15, -0.1) is 0 Å². The van der Waals surface area contributed by atoms with E-state index in [0.717, 1.165) is 6.42 Å². The third-order valence-electron chi connectivity index (χ3n) is 3.28. The van der Waals surface area contributed by atoms with Crippen molar-refractivity contribution >= 4 is 23.3 Å². The average molecular weight is 269 g/mol. The third kappa shape index (κ3) is 3.15. The number of nitrogens with zero attached hydrogens (tertiary/aromatic N) is 1. The van der Waals surface area contributed by atoms with Crippen LogP contribution in [0.25, 0.3) is 0 Å². The van der Waals surface area contributed by atoms with E-state index in [9.17, 15) is 9.90 Å². The number of hydrogen-bond acceptors (Lipinski definition) is 2. The highest BCUT2D eigenvalue weighted by atomic mass is 35.5. The molecule has 0 spiro atoms. The summed E-state index contributed by atoms with van der Waals surface area (Å²) in [5.41, 5.74) is 0.667. The number of rotatable bonds is 1. The van der Waals surface area contributed by atoms with Crippen molar-refractivity contribution in [3.63, 3.8) is 0 Å². The van der Waals surface area contributed by atoms with Crippen molar-refractivity contribution in [3.8, 4) is 0 Å². The van der Waals surface area contributed by atoms with Gasteiger partial charge in [0.25, 0.3) is 0 Å². The Morgan fingerprint density at radius 2 is 2.33 bits per heavy atom. The Balaban J connectivity index is 1.96. The Bertz CT molecular complexity index is 439. The molecule has 0 aromatic heterocycles. The summed E-state index contributed by atoms with van der Waals surface area (Å²) in [6, 6.07) is 6.83. The number of likely N-dealkylation sites (tertiary alicyclic amines) is 1. The van der Waals surface area contributed by atoms with Crippen LogP contribution in [0, 0.1) is 5.92 Å². The molecule has 2 atom stereocenters. The van der Waals surface area contributed by atoms with Crippen molar-refractivity contribution in [1.82, 2.24) is 4.90 Å². The van der Waals surface area contributed by atoms with E-state index in [-0.39, 0.29) is 11.9 Å². The molecule has 1 saturated heterocycles. The van der Waals surface area contributed by atoms with E-state index < -0.39 is 6.10 Å². The van der Waals surface area contributed by atoms with Crippen molar-refractivity contribution in [2.45, 2.75) is 19.4 Å². The number of piperidine rings is 1. The summed E-state index contributed by atoms with van der Waals surface area (Å²) in [4.78, 5) is 13.6. The summed E-state index contributed by atoms with van der Waals surface area (Å²) in [7, 11) is 0. The van der Waals surface area contributed by atoms with Crippen molar-refractivity contribution in [1.29, 1.82) is 0 Å². The lowest BCUT2D eigenvalue weighted by atomic mass is 9.96. The van der Waals surface area contributed by atoms with Crippen molar-refractivity contribution in [3.05, 3.63) is 29.3 Å². The minimum Gasteiger partial charge on any atom is -0.391 e. The van der Waals surface area contributed by atoms with E-state index in [1.54, 1.807) is 29.2 Å². The molecule has 5 heteroatoms. The first-order valence-electron chi connectivity index (χ1n) is 6.06. The molecular formula is C13H17ClN2O2. The van der Waals surface area contributed by atoms with Gasteiger partial charge >= 0.3 is 6.03 Å². The molecule has 98 valence electrons. The van der Waals surface area contributed by atoms with Gasteiger partial charge in [0.05, 0.1) is 6.10 Å². The summed E-state index contributed by atoms with van der Waals surface area (Å²) in [5, 5.41) is 13.1. The molecule has 1 aliphatic heterocycles. The topological polar surface area (TPSA) is 52.6 Å². The normalized spacial score (nSPS) is 23.8. The summed E-state index contributed by atoms with van der Waals surface area (Å²) in [6.07, 6.45) is 0.383. The van der Waals surface area contributed by atoms with Crippen LogP contribution in [0.4, 0.5) is 10.5 Å². The van der Waals surface area contributed by atoms with Gasteiger partial charge in [-0.25, -0.2) is 4.79 Å². The van der Waals surface area contributed by atoms with E-state index in [0.29, 0.717) is 23.8 Å². The minimum absolute atomic E-state index is 0.191. The molecule has 4 nitrogen and oxygen atoms in total. The molecule has 0 aliphatic carbocycles. The number of amides is 2. The molecule has 18 heavy (non-hydrogen) atoms.